The highest BCUT2D eigenvalue weighted by molar-refractivity contribution is 9.10. The normalized spacial score (nSPS) is 14.8. The third-order valence-corrected chi connectivity index (χ3v) is 5.50. The minimum absolute atomic E-state index is 0.0696. The minimum Gasteiger partial charge on any atom is -0.497 e. The zero-order valence-electron chi connectivity index (χ0n) is 16.0. The van der Waals surface area contributed by atoms with Crippen molar-refractivity contribution in [2.45, 2.75) is 6.54 Å². The van der Waals surface area contributed by atoms with E-state index in [1.54, 1.807) is 11.8 Å². The van der Waals surface area contributed by atoms with Gasteiger partial charge in [0, 0.05) is 36.2 Å². The summed E-state index contributed by atoms with van der Waals surface area (Å²) in [5.41, 5.74) is 1.60. The predicted octanol–water partition coefficient (Wildman–Crippen LogP) is 2.39. The average molecular weight is 457 g/mol. The number of methoxy groups -OCH3 is 1. The Balaban J connectivity index is 1.37. The number of rotatable bonds is 5. The van der Waals surface area contributed by atoms with Crippen molar-refractivity contribution in [3.8, 4) is 11.4 Å². The summed E-state index contributed by atoms with van der Waals surface area (Å²) in [6.07, 6.45) is 0. The van der Waals surface area contributed by atoms with Crippen LogP contribution in [0.3, 0.4) is 0 Å². The molecule has 1 saturated heterocycles. The van der Waals surface area contributed by atoms with E-state index in [0.29, 0.717) is 25.2 Å². The summed E-state index contributed by atoms with van der Waals surface area (Å²) in [4.78, 5) is 16.8. The maximum Gasteiger partial charge on any atom is 0.253 e. The number of aromatic nitrogens is 4. The Hall–Kier alpha value is -2.78. The number of halogens is 1. The highest BCUT2D eigenvalue weighted by Crippen LogP contribution is 2.17. The molecule has 1 aliphatic rings. The largest absolute Gasteiger partial charge is 0.497 e. The Morgan fingerprint density at radius 3 is 2.38 bits per heavy atom. The molecular formula is C20H21BrN6O2. The molecule has 3 aromatic rings. The van der Waals surface area contributed by atoms with E-state index in [9.17, 15) is 4.79 Å². The standard InChI is InChI=1S/C20H21BrN6O2/c1-29-18-8-6-17(7-9-18)27-19(22-23-24-27)14-25-10-12-26(13-11-25)20(28)15-2-4-16(21)5-3-15/h2-9H,10-14H2,1H3. The molecule has 0 N–H and O–H groups in total. The van der Waals surface area contributed by atoms with E-state index in [2.05, 4.69) is 36.4 Å². The summed E-state index contributed by atoms with van der Waals surface area (Å²) in [5.74, 6) is 1.62. The summed E-state index contributed by atoms with van der Waals surface area (Å²) in [6, 6.07) is 15.1. The van der Waals surface area contributed by atoms with Crippen molar-refractivity contribution in [3.05, 3.63) is 64.4 Å². The molecule has 0 aliphatic carbocycles. The molecule has 1 aromatic heterocycles. The number of tetrazole rings is 1. The van der Waals surface area contributed by atoms with Crippen molar-refractivity contribution in [2.24, 2.45) is 0 Å². The Kier molecular flexibility index (Phi) is 5.86. The summed E-state index contributed by atoms with van der Waals surface area (Å²) in [7, 11) is 1.64. The smallest absolute Gasteiger partial charge is 0.253 e. The maximum atomic E-state index is 12.7. The van der Waals surface area contributed by atoms with Crippen molar-refractivity contribution < 1.29 is 9.53 Å². The number of hydrogen-bond acceptors (Lipinski definition) is 6. The molecule has 2 aromatic carbocycles. The van der Waals surface area contributed by atoms with Crippen LogP contribution in [0.1, 0.15) is 16.2 Å². The average Bonchev–Trinajstić information content (AvgIpc) is 3.22. The second-order valence-corrected chi connectivity index (χ2v) is 7.70. The van der Waals surface area contributed by atoms with Gasteiger partial charge < -0.3 is 9.64 Å². The van der Waals surface area contributed by atoms with Crippen LogP contribution in [0.5, 0.6) is 5.75 Å². The lowest BCUT2D eigenvalue weighted by Gasteiger charge is -2.34. The first kappa shape index (κ1) is 19.5. The molecule has 9 heteroatoms. The topological polar surface area (TPSA) is 76.4 Å². The number of nitrogens with zero attached hydrogens (tertiary/aromatic N) is 6. The zero-order valence-corrected chi connectivity index (χ0v) is 17.6. The second-order valence-electron chi connectivity index (χ2n) is 6.78. The molecule has 29 heavy (non-hydrogen) atoms. The van der Waals surface area contributed by atoms with E-state index in [-0.39, 0.29) is 5.91 Å². The Bertz CT molecular complexity index is 965. The van der Waals surface area contributed by atoms with Gasteiger partial charge in [0.25, 0.3) is 5.91 Å². The number of amides is 1. The molecule has 150 valence electrons. The van der Waals surface area contributed by atoms with Gasteiger partial charge in [-0.3, -0.25) is 9.69 Å². The molecule has 0 radical (unpaired) electrons. The van der Waals surface area contributed by atoms with Gasteiger partial charge in [-0.05, 0) is 59.0 Å². The summed E-state index contributed by atoms with van der Waals surface area (Å²) < 4.78 is 7.90. The molecular weight excluding hydrogens is 436 g/mol. The van der Waals surface area contributed by atoms with Crippen molar-refractivity contribution in [1.82, 2.24) is 30.0 Å². The van der Waals surface area contributed by atoms with Crippen LogP contribution in [0.25, 0.3) is 5.69 Å². The molecule has 1 amide bonds. The van der Waals surface area contributed by atoms with Crippen LogP contribution in [0.2, 0.25) is 0 Å². The van der Waals surface area contributed by atoms with Crippen molar-refractivity contribution in [3.63, 3.8) is 0 Å². The van der Waals surface area contributed by atoms with Crippen LogP contribution in [0, 0.1) is 0 Å². The number of carbonyl (C=O) groups is 1. The van der Waals surface area contributed by atoms with Crippen LogP contribution in [0.15, 0.2) is 53.0 Å². The summed E-state index contributed by atoms with van der Waals surface area (Å²) >= 11 is 3.40. The van der Waals surface area contributed by atoms with E-state index in [4.69, 9.17) is 4.74 Å². The molecule has 2 heterocycles. The van der Waals surface area contributed by atoms with Crippen LogP contribution in [-0.4, -0.2) is 69.2 Å². The van der Waals surface area contributed by atoms with Gasteiger partial charge in [0.15, 0.2) is 5.82 Å². The van der Waals surface area contributed by atoms with Gasteiger partial charge in [-0.25, -0.2) is 0 Å². The number of carbonyl (C=O) groups excluding carboxylic acids is 1. The third kappa shape index (κ3) is 4.46. The van der Waals surface area contributed by atoms with Gasteiger partial charge >= 0.3 is 0 Å². The fourth-order valence-electron chi connectivity index (χ4n) is 3.31. The van der Waals surface area contributed by atoms with Crippen LogP contribution >= 0.6 is 15.9 Å². The molecule has 0 unspecified atom stereocenters. The van der Waals surface area contributed by atoms with Crippen LogP contribution < -0.4 is 4.74 Å². The number of hydrogen-bond donors (Lipinski definition) is 0. The van der Waals surface area contributed by atoms with Gasteiger partial charge in [-0.2, -0.15) is 4.68 Å². The fourth-order valence-corrected chi connectivity index (χ4v) is 3.58. The van der Waals surface area contributed by atoms with Gasteiger partial charge in [0.2, 0.25) is 0 Å². The highest BCUT2D eigenvalue weighted by atomic mass is 79.9. The molecule has 1 fully saturated rings. The maximum absolute atomic E-state index is 12.7. The number of piperazine rings is 1. The molecule has 0 saturated carbocycles. The van der Waals surface area contributed by atoms with Gasteiger partial charge in [0.05, 0.1) is 19.3 Å². The molecule has 1 aliphatic heterocycles. The lowest BCUT2D eigenvalue weighted by molar-refractivity contribution is 0.0624. The summed E-state index contributed by atoms with van der Waals surface area (Å²) in [5, 5.41) is 12.1. The third-order valence-electron chi connectivity index (χ3n) is 4.97. The molecule has 0 bridgehead atoms. The van der Waals surface area contributed by atoms with E-state index in [1.807, 2.05) is 53.4 Å². The van der Waals surface area contributed by atoms with Crippen molar-refractivity contribution >= 4 is 21.8 Å². The van der Waals surface area contributed by atoms with Gasteiger partial charge in [-0.15, -0.1) is 5.10 Å². The van der Waals surface area contributed by atoms with Gasteiger partial charge in [0.1, 0.15) is 5.75 Å². The van der Waals surface area contributed by atoms with Crippen molar-refractivity contribution in [1.29, 1.82) is 0 Å². The fraction of sp³-hybridized carbons (Fsp3) is 0.300. The first-order valence-electron chi connectivity index (χ1n) is 9.33. The SMILES string of the molecule is COc1ccc(-n2nnnc2CN2CCN(C(=O)c3ccc(Br)cc3)CC2)cc1. The minimum atomic E-state index is 0.0696. The monoisotopic (exact) mass is 456 g/mol. The Morgan fingerprint density at radius 1 is 1.03 bits per heavy atom. The van der Waals surface area contributed by atoms with E-state index in [1.165, 1.54) is 0 Å². The highest BCUT2D eigenvalue weighted by Gasteiger charge is 2.23. The predicted molar refractivity (Wildman–Crippen MR) is 111 cm³/mol. The van der Waals surface area contributed by atoms with Crippen LogP contribution in [0.4, 0.5) is 0 Å². The quantitative estimate of drug-likeness (QED) is 0.586. The second kappa shape index (κ2) is 8.71. The Labute approximate surface area is 177 Å². The number of ether oxygens (including phenoxy) is 1. The summed E-state index contributed by atoms with van der Waals surface area (Å²) in [6.45, 7) is 3.53. The molecule has 0 atom stereocenters. The lowest BCUT2D eigenvalue weighted by Crippen LogP contribution is -2.48. The Morgan fingerprint density at radius 2 is 1.72 bits per heavy atom. The van der Waals surface area contributed by atoms with E-state index >= 15 is 0 Å². The zero-order chi connectivity index (χ0) is 20.2. The first-order chi connectivity index (χ1) is 14.1. The molecule has 0 spiro atoms. The number of benzene rings is 2. The van der Waals surface area contributed by atoms with E-state index in [0.717, 1.165) is 34.8 Å². The van der Waals surface area contributed by atoms with Crippen molar-refractivity contribution in [2.75, 3.05) is 33.3 Å². The lowest BCUT2D eigenvalue weighted by atomic mass is 10.2. The first-order valence-corrected chi connectivity index (χ1v) is 10.1. The molecule has 4 rings (SSSR count). The van der Waals surface area contributed by atoms with Gasteiger partial charge in [-0.1, -0.05) is 15.9 Å². The van der Waals surface area contributed by atoms with Crippen LogP contribution in [-0.2, 0) is 6.54 Å². The molecule has 8 nitrogen and oxygen atoms in total. The van der Waals surface area contributed by atoms with E-state index < -0.39 is 0 Å².